The Morgan fingerprint density at radius 1 is 1.35 bits per heavy atom. The zero-order valence-electron chi connectivity index (χ0n) is 14.2. The van der Waals surface area contributed by atoms with E-state index in [1.54, 1.807) is 10.9 Å². The van der Waals surface area contributed by atoms with Gasteiger partial charge < -0.3 is 25.6 Å². The minimum absolute atomic E-state index is 0.156. The number of hydrogen-bond donors (Lipinski definition) is 4. The van der Waals surface area contributed by atoms with Crippen molar-refractivity contribution < 1.29 is 23.6 Å². The number of nitrogens with zero attached hydrogens (tertiary/aromatic N) is 4. The van der Waals surface area contributed by atoms with Crippen molar-refractivity contribution in [2.45, 2.75) is 38.0 Å². The van der Waals surface area contributed by atoms with E-state index in [-0.39, 0.29) is 18.9 Å². The average Bonchev–Trinajstić information content (AvgIpc) is 3.23. The molecule has 3 rings (SSSR count). The van der Waals surface area contributed by atoms with E-state index in [0.29, 0.717) is 36.4 Å². The van der Waals surface area contributed by atoms with Gasteiger partial charge in [0.05, 0.1) is 19.0 Å². The molecule has 0 bridgehead atoms. The molecule has 0 radical (unpaired) electrons. The maximum absolute atomic E-state index is 10.8. The number of imidazole rings is 1. The van der Waals surface area contributed by atoms with Crippen LogP contribution in [0.1, 0.15) is 31.9 Å². The van der Waals surface area contributed by atoms with Gasteiger partial charge in [0.1, 0.15) is 12.6 Å². The van der Waals surface area contributed by atoms with Gasteiger partial charge in [-0.3, -0.25) is 9.09 Å². The topological polar surface area (TPSA) is 158 Å². The zero-order valence-corrected chi connectivity index (χ0v) is 15.1. The van der Waals surface area contributed by atoms with Crippen molar-refractivity contribution in [1.29, 1.82) is 0 Å². The molecular formula is C14H23N6O5P. The Morgan fingerprint density at radius 2 is 2.19 bits per heavy atom. The molecule has 1 fully saturated rings. The van der Waals surface area contributed by atoms with E-state index in [1.807, 2.05) is 0 Å². The molecule has 11 nitrogen and oxygen atoms in total. The number of nitrogens with two attached hydrogens (primary N) is 1. The lowest BCUT2D eigenvalue weighted by atomic mass is 10.2. The van der Waals surface area contributed by atoms with Crippen molar-refractivity contribution in [3.05, 3.63) is 12.7 Å². The molecule has 144 valence electrons. The van der Waals surface area contributed by atoms with E-state index in [0.717, 1.165) is 19.4 Å². The number of unbranched alkanes of at least 4 members (excludes halogenated alkanes) is 1. The summed E-state index contributed by atoms with van der Waals surface area (Å²) < 4.78 is 23.0. The number of nitrogens with one attached hydrogen (secondary N) is 1. The first-order chi connectivity index (χ1) is 12.5. The van der Waals surface area contributed by atoms with Crippen LogP contribution in [0.3, 0.4) is 0 Å². The summed E-state index contributed by atoms with van der Waals surface area (Å²) in [6.07, 6.45) is 5.57. The number of aromatic nitrogens is 4. The fourth-order valence-electron chi connectivity index (χ4n) is 2.86. The van der Waals surface area contributed by atoms with Gasteiger partial charge in [0.25, 0.3) is 0 Å². The largest absolute Gasteiger partial charge is 0.469 e. The summed E-state index contributed by atoms with van der Waals surface area (Å²) in [6, 6.07) is 0. The summed E-state index contributed by atoms with van der Waals surface area (Å²) in [4.78, 5) is 30.5. The average molecular weight is 386 g/mol. The quantitative estimate of drug-likeness (QED) is 0.358. The maximum atomic E-state index is 10.8. The lowest BCUT2D eigenvalue weighted by Gasteiger charge is -2.15. The molecule has 12 heteroatoms. The standard InChI is InChI=1S/C14H23N6O5P/c15-5-1-2-6-16-13-12-14(18-8-17-13)20(9-19-12)11-4-3-10(25-11)7-24-26(21,22)23/h8-11H,1-7,15H2,(H,16,17,18)(H2,21,22,23)/t10-,11+/m0/s1. The third kappa shape index (κ3) is 4.76. The van der Waals surface area contributed by atoms with Crippen LogP contribution in [0.25, 0.3) is 11.2 Å². The Bertz CT molecular complexity index is 780. The summed E-state index contributed by atoms with van der Waals surface area (Å²) in [5.74, 6) is 0.658. The van der Waals surface area contributed by atoms with Gasteiger partial charge in [-0.25, -0.2) is 19.5 Å². The summed E-state index contributed by atoms with van der Waals surface area (Å²) in [6.45, 7) is 1.25. The van der Waals surface area contributed by atoms with Crippen LogP contribution in [0.4, 0.5) is 5.82 Å². The van der Waals surface area contributed by atoms with E-state index in [9.17, 15) is 4.57 Å². The van der Waals surface area contributed by atoms with Crippen molar-refractivity contribution in [1.82, 2.24) is 19.5 Å². The molecule has 2 aromatic heterocycles. The first-order valence-electron chi connectivity index (χ1n) is 8.45. The predicted octanol–water partition coefficient (Wildman–Crippen LogP) is 0.764. The Kier molecular flexibility index (Phi) is 6.17. The van der Waals surface area contributed by atoms with Crippen LogP contribution >= 0.6 is 7.82 Å². The van der Waals surface area contributed by atoms with Crippen molar-refractivity contribution in [2.75, 3.05) is 25.0 Å². The van der Waals surface area contributed by atoms with Gasteiger partial charge in [-0.15, -0.1) is 0 Å². The Morgan fingerprint density at radius 3 is 2.96 bits per heavy atom. The van der Waals surface area contributed by atoms with Gasteiger partial charge in [0.2, 0.25) is 0 Å². The lowest BCUT2D eigenvalue weighted by molar-refractivity contribution is -0.0205. The molecule has 26 heavy (non-hydrogen) atoms. The van der Waals surface area contributed by atoms with Gasteiger partial charge in [-0.05, 0) is 32.2 Å². The molecule has 1 aliphatic rings. The second-order valence-corrected chi connectivity index (χ2v) is 7.28. The van der Waals surface area contributed by atoms with Gasteiger partial charge in [0.15, 0.2) is 17.0 Å². The second-order valence-electron chi connectivity index (χ2n) is 6.05. The van der Waals surface area contributed by atoms with Crippen molar-refractivity contribution in [3.8, 4) is 0 Å². The van der Waals surface area contributed by atoms with E-state index < -0.39 is 7.82 Å². The molecular weight excluding hydrogens is 363 g/mol. The Hall–Kier alpha value is -1.62. The third-order valence-electron chi connectivity index (χ3n) is 4.11. The van der Waals surface area contributed by atoms with E-state index >= 15 is 0 Å². The highest BCUT2D eigenvalue weighted by Gasteiger charge is 2.30. The lowest BCUT2D eigenvalue weighted by Crippen LogP contribution is -2.16. The molecule has 0 aliphatic carbocycles. The number of phosphoric ester groups is 1. The predicted molar refractivity (Wildman–Crippen MR) is 93.2 cm³/mol. The second kappa shape index (κ2) is 8.38. The van der Waals surface area contributed by atoms with Crippen molar-refractivity contribution >= 4 is 24.8 Å². The van der Waals surface area contributed by atoms with Gasteiger partial charge in [-0.2, -0.15) is 0 Å². The summed E-state index contributed by atoms with van der Waals surface area (Å²) in [5, 5.41) is 3.24. The van der Waals surface area contributed by atoms with Crippen molar-refractivity contribution in [2.24, 2.45) is 5.73 Å². The zero-order chi connectivity index (χ0) is 18.6. The number of fused-ring (bicyclic) bond motifs is 1. The SMILES string of the molecule is NCCCCNc1ncnc2c1ncn2[C@H]1CC[C@@H](COP(=O)(O)O)O1. The molecule has 1 aliphatic heterocycles. The first-order valence-corrected chi connectivity index (χ1v) is 9.98. The normalized spacial score (nSPS) is 20.7. The molecule has 0 saturated carbocycles. The molecule has 0 aromatic carbocycles. The molecule has 0 unspecified atom stereocenters. The van der Waals surface area contributed by atoms with Crippen LogP contribution < -0.4 is 11.1 Å². The maximum Gasteiger partial charge on any atom is 0.469 e. The highest BCUT2D eigenvalue weighted by atomic mass is 31.2. The summed E-state index contributed by atoms with van der Waals surface area (Å²) in [7, 11) is -4.50. The van der Waals surface area contributed by atoms with Gasteiger partial charge in [0, 0.05) is 6.54 Å². The Balaban J connectivity index is 1.67. The molecule has 5 N–H and O–H groups in total. The third-order valence-corrected chi connectivity index (χ3v) is 4.59. The molecule has 1 saturated heterocycles. The van der Waals surface area contributed by atoms with E-state index in [2.05, 4.69) is 24.8 Å². The van der Waals surface area contributed by atoms with Crippen LogP contribution in [0.2, 0.25) is 0 Å². The van der Waals surface area contributed by atoms with E-state index in [1.165, 1.54) is 6.33 Å². The van der Waals surface area contributed by atoms with E-state index in [4.69, 9.17) is 20.3 Å². The number of rotatable bonds is 9. The Labute approximate surface area is 150 Å². The molecule has 2 atom stereocenters. The monoisotopic (exact) mass is 386 g/mol. The highest BCUT2D eigenvalue weighted by Crippen LogP contribution is 2.38. The van der Waals surface area contributed by atoms with Crippen LogP contribution in [0.5, 0.6) is 0 Å². The summed E-state index contributed by atoms with van der Waals surface area (Å²) >= 11 is 0. The number of phosphoric acid groups is 1. The van der Waals surface area contributed by atoms with Gasteiger partial charge in [-0.1, -0.05) is 0 Å². The molecule has 2 aromatic rings. The number of anilines is 1. The van der Waals surface area contributed by atoms with Crippen LogP contribution in [0, 0.1) is 0 Å². The van der Waals surface area contributed by atoms with Crippen LogP contribution in [-0.4, -0.2) is 55.1 Å². The first kappa shape index (κ1) is 19.2. The molecule has 3 heterocycles. The number of hydrogen-bond acceptors (Lipinski definition) is 8. The van der Waals surface area contributed by atoms with Gasteiger partial charge >= 0.3 is 7.82 Å². The molecule has 0 amide bonds. The van der Waals surface area contributed by atoms with Crippen LogP contribution in [-0.2, 0) is 13.8 Å². The highest BCUT2D eigenvalue weighted by molar-refractivity contribution is 7.46. The molecule has 0 spiro atoms. The van der Waals surface area contributed by atoms with Crippen molar-refractivity contribution in [3.63, 3.8) is 0 Å². The minimum atomic E-state index is -4.50. The fraction of sp³-hybridized carbons (Fsp3) is 0.643. The smallest absolute Gasteiger partial charge is 0.368 e. The summed E-state index contributed by atoms with van der Waals surface area (Å²) in [5.41, 5.74) is 6.79. The number of ether oxygens (including phenoxy) is 1. The fourth-order valence-corrected chi connectivity index (χ4v) is 3.22. The minimum Gasteiger partial charge on any atom is -0.368 e. The van der Waals surface area contributed by atoms with Crippen LogP contribution in [0.15, 0.2) is 12.7 Å².